The maximum absolute atomic E-state index is 12.0. The summed E-state index contributed by atoms with van der Waals surface area (Å²) in [5.41, 5.74) is 5.32. The zero-order valence-corrected chi connectivity index (χ0v) is 12.3. The Labute approximate surface area is 123 Å². The summed E-state index contributed by atoms with van der Waals surface area (Å²) in [6, 6.07) is 9.90. The summed E-state index contributed by atoms with van der Waals surface area (Å²) in [6.07, 6.45) is 0.170. The standard InChI is InChI=1S/C16H18N2O3/c1-10-13(14(19)15(20)21-10)12-9-16(2,3)18(17-12)11-7-5-4-6-8-11/h4-8,10,17H,9H2,1-3H3. The second kappa shape index (κ2) is 4.62. The molecule has 0 aromatic heterocycles. The van der Waals surface area contributed by atoms with Crippen molar-refractivity contribution in [1.29, 1.82) is 0 Å². The summed E-state index contributed by atoms with van der Waals surface area (Å²) in [7, 11) is 0. The largest absolute Gasteiger partial charge is 0.452 e. The molecule has 0 spiro atoms. The Bertz CT molecular complexity index is 634. The van der Waals surface area contributed by atoms with Gasteiger partial charge in [-0.2, -0.15) is 0 Å². The van der Waals surface area contributed by atoms with Crippen molar-refractivity contribution in [3.63, 3.8) is 0 Å². The van der Waals surface area contributed by atoms with Crippen LogP contribution < -0.4 is 10.4 Å². The van der Waals surface area contributed by atoms with Crippen molar-refractivity contribution in [3.05, 3.63) is 41.6 Å². The van der Waals surface area contributed by atoms with E-state index in [2.05, 4.69) is 19.3 Å². The van der Waals surface area contributed by atoms with Crippen molar-refractivity contribution in [2.24, 2.45) is 0 Å². The number of rotatable bonds is 1. The van der Waals surface area contributed by atoms with Crippen molar-refractivity contribution < 1.29 is 14.3 Å². The number of para-hydroxylation sites is 1. The van der Waals surface area contributed by atoms with E-state index in [1.165, 1.54) is 0 Å². The summed E-state index contributed by atoms with van der Waals surface area (Å²) in [5, 5.41) is 2.03. The van der Waals surface area contributed by atoms with Gasteiger partial charge in [-0.25, -0.2) is 4.79 Å². The van der Waals surface area contributed by atoms with Crippen LogP contribution in [0.1, 0.15) is 27.2 Å². The number of anilines is 1. The number of esters is 1. The monoisotopic (exact) mass is 286 g/mol. The molecule has 5 heteroatoms. The molecule has 21 heavy (non-hydrogen) atoms. The molecule has 1 N–H and O–H groups in total. The molecule has 2 fully saturated rings. The number of ketones is 1. The van der Waals surface area contributed by atoms with E-state index >= 15 is 0 Å². The van der Waals surface area contributed by atoms with Gasteiger partial charge in [0.1, 0.15) is 6.10 Å². The number of carbonyl (C=O) groups excluding carboxylic acids is 2. The molecule has 0 saturated carbocycles. The molecule has 1 atom stereocenters. The molecule has 5 nitrogen and oxygen atoms in total. The van der Waals surface area contributed by atoms with Crippen LogP contribution >= 0.6 is 0 Å². The maximum Gasteiger partial charge on any atom is 0.380 e. The van der Waals surface area contributed by atoms with Crippen molar-refractivity contribution >= 4 is 17.4 Å². The van der Waals surface area contributed by atoms with Crippen LogP contribution in [-0.4, -0.2) is 23.4 Å². The van der Waals surface area contributed by atoms with Gasteiger partial charge in [0.05, 0.1) is 16.8 Å². The lowest BCUT2D eigenvalue weighted by molar-refractivity contribution is -0.148. The highest BCUT2D eigenvalue weighted by Gasteiger charge is 2.43. The summed E-state index contributed by atoms with van der Waals surface area (Å²) in [6.45, 7) is 5.91. The molecule has 110 valence electrons. The highest BCUT2D eigenvalue weighted by atomic mass is 16.6. The van der Waals surface area contributed by atoms with E-state index in [1.54, 1.807) is 6.92 Å². The number of benzene rings is 1. The second-order valence-corrected chi connectivity index (χ2v) is 6.04. The van der Waals surface area contributed by atoms with Crippen LogP contribution in [0.2, 0.25) is 0 Å². The summed E-state index contributed by atoms with van der Waals surface area (Å²) in [5.74, 6) is -1.29. The molecule has 0 bridgehead atoms. The van der Waals surface area contributed by atoms with Gasteiger partial charge in [-0.1, -0.05) is 18.2 Å². The third kappa shape index (κ3) is 2.18. The minimum absolute atomic E-state index is 0.199. The average Bonchev–Trinajstić information content (AvgIpc) is 2.87. The van der Waals surface area contributed by atoms with Gasteiger partial charge in [-0.05, 0) is 32.9 Å². The number of nitrogens with zero attached hydrogens (tertiary/aromatic N) is 1. The fourth-order valence-corrected chi connectivity index (χ4v) is 2.93. The van der Waals surface area contributed by atoms with Crippen LogP contribution in [-0.2, 0) is 14.3 Å². The molecule has 1 aromatic rings. The lowest BCUT2D eigenvalue weighted by atomic mass is 9.95. The zero-order chi connectivity index (χ0) is 15.2. The summed E-state index contributed by atoms with van der Waals surface area (Å²) < 4.78 is 5.00. The third-order valence-electron chi connectivity index (χ3n) is 3.92. The topological polar surface area (TPSA) is 58.6 Å². The first kappa shape index (κ1) is 13.7. The molecular weight excluding hydrogens is 268 g/mol. The first-order chi connectivity index (χ1) is 9.90. The van der Waals surface area contributed by atoms with E-state index in [9.17, 15) is 9.59 Å². The van der Waals surface area contributed by atoms with Gasteiger partial charge in [0.15, 0.2) is 0 Å². The molecule has 2 aliphatic heterocycles. The Hall–Kier alpha value is -2.30. The van der Waals surface area contributed by atoms with Gasteiger partial charge < -0.3 is 10.2 Å². The number of nitrogens with one attached hydrogen (secondary N) is 1. The molecule has 0 aliphatic carbocycles. The van der Waals surface area contributed by atoms with E-state index in [0.717, 1.165) is 11.4 Å². The molecule has 3 rings (SSSR count). The maximum atomic E-state index is 12.0. The highest BCUT2D eigenvalue weighted by Crippen LogP contribution is 2.36. The van der Waals surface area contributed by atoms with E-state index < -0.39 is 17.9 Å². The molecule has 0 radical (unpaired) electrons. The Morgan fingerprint density at radius 1 is 1.24 bits per heavy atom. The van der Waals surface area contributed by atoms with Crippen LogP contribution in [0.3, 0.4) is 0 Å². The number of hydrogen-bond acceptors (Lipinski definition) is 5. The molecule has 0 amide bonds. The first-order valence-corrected chi connectivity index (χ1v) is 7.00. The number of ether oxygens (including phenoxy) is 1. The fourth-order valence-electron chi connectivity index (χ4n) is 2.93. The number of cyclic esters (lactones) is 1. The predicted molar refractivity (Wildman–Crippen MR) is 78.3 cm³/mol. The Morgan fingerprint density at radius 3 is 2.48 bits per heavy atom. The lowest BCUT2D eigenvalue weighted by Gasteiger charge is -2.32. The number of Topliss-reactive ketones (excluding diaryl/α,β-unsaturated/α-hetero) is 1. The van der Waals surface area contributed by atoms with Crippen LogP contribution in [0.15, 0.2) is 41.6 Å². The molecule has 1 unspecified atom stereocenters. The Morgan fingerprint density at radius 2 is 1.90 bits per heavy atom. The van der Waals surface area contributed by atoms with E-state index in [1.807, 2.05) is 35.3 Å². The minimum atomic E-state index is -0.761. The van der Waals surface area contributed by atoms with E-state index in [-0.39, 0.29) is 5.54 Å². The van der Waals surface area contributed by atoms with Gasteiger partial charge in [0.2, 0.25) is 0 Å². The van der Waals surface area contributed by atoms with Crippen molar-refractivity contribution in [2.45, 2.75) is 38.8 Å². The van der Waals surface area contributed by atoms with Crippen molar-refractivity contribution in [3.8, 4) is 0 Å². The van der Waals surface area contributed by atoms with E-state index in [4.69, 9.17) is 4.74 Å². The average molecular weight is 286 g/mol. The van der Waals surface area contributed by atoms with E-state index in [0.29, 0.717) is 12.0 Å². The van der Waals surface area contributed by atoms with Gasteiger partial charge in [0.25, 0.3) is 5.78 Å². The van der Waals surface area contributed by atoms with Gasteiger partial charge in [0, 0.05) is 12.1 Å². The first-order valence-electron chi connectivity index (χ1n) is 7.00. The Balaban J connectivity index is 1.99. The zero-order valence-electron chi connectivity index (χ0n) is 12.3. The summed E-state index contributed by atoms with van der Waals surface area (Å²) in [4.78, 5) is 23.4. The number of hydrazine groups is 1. The van der Waals surface area contributed by atoms with Gasteiger partial charge in [-0.3, -0.25) is 9.80 Å². The normalized spacial score (nSPS) is 27.8. The molecule has 2 aliphatic rings. The lowest BCUT2D eigenvalue weighted by Crippen LogP contribution is -2.43. The van der Waals surface area contributed by atoms with Gasteiger partial charge >= 0.3 is 5.97 Å². The smallest absolute Gasteiger partial charge is 0.380 e. The minimum Gasteiger partial charge on any atom is -0.452 e. The molecule has 2 saturated heterocycles. The fraction of sp³-hybridized carbons (Fsp3) is 0.375. The Kier molecular flexibility index (Phi) is 3.01. The SMILES string of the molecule is CC1OC(=O)C(=O)C1=C1CC(C)(C)N(c2ccccc2)N1. The quantitative estimate of drug-likeness (QED) is 0.486. The highest BCUT2D eigenvalue weighted by molar-refractivity contribution is 6.43. The molecular formula is C16H18N2O3. The third-order valence-corrected chi connectivity index (χ3v) is 3.92. The second-order valence-electron chi connectivity index (χ2n) is 6.04. The van der Waals surface area contributed by atoms with Crippen LogP contribution in [0.25, 0.3) is 0 Å². The number of carbonyl (C=O) groups is 2. The van der Waals surface area contributed by atoms with Crippen molar-refractivity contribution in [1.82, 2.24) is 5.43 Å². The van der Waals surface area contributed by atoms with Crippen LogP contribution in [0.4, 0.5) is 5.69 Å². The number of hydrogen-bond donors (Lipinski definition) is 1. The molecule has 2 heterocycles. The van der Waals surface area contributed by atoms with Crippen molar-refractivity contribution in [2.75, 3.05) is 5.01 Å². The van der Waals surface area contributed by atoms with Crippen LogP contribution in [0.5, 0.6) is 0 Å². The van der Waals surface area contributed by atoms with Gasteiger partial charge in [-0.15, -0.1) is 0 Å². The van der Waals surface area contributed by atoms with Crippen LogP contribution in [0, 0.1) is 0 Å². The molecule has 1 aromatic carbocycles. The predicted octanol–water partition coefficient (Wildman–Crippen LogP) is 1.95. The summed E-state index contributed by atoms with van der Waals surface area (Å²) >= 11 is 0.